The number of phenolic OH excluding ortho intramolecular Hbond substituents is 1. The summed E-state index contributed by atoms with van der Waals surface area (Å²) < 4.78 is 13.1. The third-order valence-corrected chi connectivity index (χ3v) is 6.65. The van der Waals surface area contributed by atoms with E-state index in [1.807, 2.05) is 30.3 Å². The lowest BCUT2D eigenvalue weighted by Gasteiger charge is -2.24. The lowest BCUT2D eigenvalue weighted by molar-refractivity contribution is -0.139. The lowest BCUT2D eigenvalue weighted by Crippen LogP contribution is -2.39. The van der Waals surface area contributed by atoms with Gasteiger partial charge in [0.15, 0.2) is 16.3 Å². The second kappa shape index (κ2) is 9.36. The van der Waals surface area contributed by atoms with Crippen LogP contribution in [0.3, 0.4) is 0 Å². The van der Waals surface area contributed by atoms with Gasteiger partial charge in [0.05, 0.1) is 35.6 Å². The van der Waals surface area contributed by atoms with Gasteiger partial charge in [0, 0.05) is 10.0 Å². The molecule has 9 heteroatoms. The smallest absolute Gasteiger partial charge is 0.338 e. The molecule has 170 valence electrons. The summed E-state index contributed by atoms with van der Waals surface area (Å²) in [6, 6.07) is 12.0. The number of hydrogen-bond donors (Lipinski definition) is 1. The topological polar surface area (TPSA) is 90.1 Å². The van der Waals surface area contributed by atoms with E-state index in [-0.39, 0.29) is 23.7 Å². The number of carbonyl (C=O) groups is 1. The molecular formula is C24H21BrN2O5S. The van der Waals surface area contributed by atoms with E-state index in [1.165, 1.54) is 23.0 Å². The fraction of sp³-hybridized carbons (Fsp3) is 0.208. The van der Waals surface area contributed by atoms with Crippen LogP contribution in [0.5, 0.6) is 11.5 Å². The molecule has 1 aliphatic heterocycles. The van der Waals surface area contributed by atoms with Crippen molar-refractivity contribution in [2.45, 2.75) is 19.9 Å². The maximum Gasteiger partial charge on any atom is 0.338 e. The molecule has 0 amide bonds. The molecular weight excluding hydrogens is 508 g/mol. The highest BCUT2D eigenvalue weighted by Gasteiger charge is 2.33. The van der Waals surface area contributed by atoms with Crippen molar-refractivity contribution in [2.75, 3.05) is 13.7 Å². The van der Waals surface area contributed by atoms with Crippen LogP contribution in [-0.2, 0) is 9.53 Å². The predicted molar refractivity (Wildman–Crippen MR) is 129 cm³/mol. The summed E-state index contributed by atoms with van der Waals surface area (Å²) in [5, 5.41) is 10.5. The van der Waals surface area contributed by atoms with Crippen molar-refractivity contribution in [3.63, 3.8) is 0 Å². The number of carbonyl (C=O) groups excluding carboxylic acids is 1. The minimum atomic E-state index is -0.672. The predicted octanol–water partition coefficient (Wildman–Crippen LogP) is 3.28. The Morgan fingerprint density at radius 1 is 1.30 bits per heavy atom. The van der Waals surface area contributed by atoms with Gasteiger partial charge >= 0.3 is 5.97 Å². The molecule has 2 heterocycles. The van der Waals surface area contributed by atoms with Crippen molar-refractivity contribution in [1.82, 2.24) is 4.57 Å². The number of ether oxygens (including phenoxy) is 2. The van der Waals surface area contributed by atoms with E-state index in [0.29, 0.717) is 30.6 Å². The van der Waals surface area contributed by atoms with E-state index in [1.54, 1.807) is 32.1 Å². The average Bonchev–Trinajstić information content (AvgIpc) is 3.10. The maximum atomic E-state index is 13.6. The van der Waals surface area contributed by atoms with E-state index in [0.717, 1.165) is 5.56 Å². The number of aromatic nitrogens is 1. The summed E-state index contributed by atoms with van der Waals surface area (Å²) in [5.41, 5.74) is 1.70. The minimum absolute atomic E-state index is 0.0745. The van der Waals surface area contributed by atoms with E-state index in [2.05, 4.69) is 20.9 Å². The monoisotopic (exact) mass is 528 g/mol. The van der Waals surface area contributed by atoms with Crippen molar-refractivity contribution >= 4 is 39.3 Å². The Bertz CT molecular complexity index is 1440. The third-order valence-electron chi connectivity index (χ3n) is 5.21. The highest BCUT2D eigenvalue weighted by molar-refractivity contribution is 9.10. The van der Waals surface area contributed by atoms with Crippen LogP contribution in [0.4, 0.5) is 0 Å². The molecule has 1 N–H and O–H groups in total. The van der Waals surface area contributed by atoms with Crippen molar-refractivity contribution in [1.29, 1.82) is 0 Å². The standard InChI is InChI=1S/C24H21BrN2O5S/c1-4-32-23(30)19-13(2)26-24-27(20(19)14-8-6-5-7-9-14)22(29)18(33-24)11-15-10-16(25)12-17(31-3)21(15)28/h5-12,20,28H,4H2,1-3H3. The largest absolute Gasteiger partial charge is 0.504 e. The zero-order valence-corrected chi connectivity index (χ0v) is 20.6. The third kappa shape index (κ3) is 4.26. The first-order valence-electron chi connectivity index (χ1n) is 10.2. The van der Waals surface area contributed by atoms with Gasteiger partial charge < -0.3 is 14.6 Å². The molecule has 0 bridgehead atoms. The molecule has 0 saturated carbocycles. The van der Waals surface area contributed by atoms with E-state index < -0.39 is 12.0 Å². The van der Waals surface area contributed by atoms with Crippen LogP contribution in [0.25, 0.3) is 6.08 Å². The zero-order chi connectivity index (χ0) is 23.7. The van der Waals surface area contributed by atoms with E-state index in [9.17, 15) is 14.7 Å². The highest BCUT2D eigenvalue weighted by atomic mass is 79.9. The summed E-state index contributed by atoms with van der Waals surface area (Å²) in [6.45, 7) is 3.69. The summed E-state index contributed by atoms with van der Waals surface area (Å²) in [6.07, 6.45) is 1.60. The molecule has 2 aromatic carbocycles. The number of methoxy groups -OCH3 is 1. The molecule has 0 spiro atoms. The van der Waals surface area contributed by atoms with Crippen molar-refractivity contribution in [2.24, 2.45) is 4.99 Å². The number of thiazole rings is 1. The van der Waals surface area contributed by atoms with Crippen molar-refractivity contribution in [3.05, 3.63) is 89.0 Å². The number of allylic oxidation sites excluding steroid dienone is 1. The number of benzene rings is 2. The summed E-state index contributed by atoms with van der Waals surface area (Å²) in [4.78, 5) is 31.4. The second-order valence-corrected chi connectivity index (χ2v) is 9.18. The quantitative estimate of drug-likeness (QED) is 0.513. The first kappa shape index (κ1) is 23.0. The summed E-state index contributed by atoms with van der Waals surface area (Å²) in [7, 11) is 1.46. The fourth-order valence-corrected chi connectivity index (χ4v) is 5.24. The Kier molecular flexibility index (Phi) is 6.53. The van der Waals surface area contributed by atoms with Gasteiger partial charge in [-0.2, -0.15) is 0 Å². The number of hydrogen-bond acceptors (Lipinski definition) is 7. The van der Waals surface area contributed by atoms with Crippen molar-refractivity contribution < 1.29 is 19.4 Å². The molecule has 0 fully saturated rings. The number of nitrogens with zero attached hydrogens (tertiary/aromatic N) is 2. The van der Waals surface area contributed by atoms with E-state index in [4.69, 9.17) is 9.47 Å². The summed E-state index contributed by atoms with van der Waals surface area (Å²) >= 11 is 4.58. The van der Waals surface area contributed by atoms with Crippen LogP contribution in [-0.4, -0.2) is 29.4 Å². The van der Waals surface area contributed by atoms with Gasteiger partial charge in [-0.1, -0.05) is 57.6 Å². The van der Waals surface area contributed by atoms with E-state index >= 15 is 0 Å². The fourth-order valence-electron chi connectivity index (χ4n) is 3.74. The Morgan fingerprint density at radius 2 is 2.03 bits per heavy atom. The number of fused-ring (bicyclic) bond motifs is 1. The van der Waals surface area contributed by atoms with Crippen LogP contribution in [0.15, 0.2) is 68.0 Å². The van der Waals surface area contributed by atoms with Gasteiger partial charge in [-0.15, -0.1) is 0 Å². The van der Waals surface area contributed by atoms with Crippen LogP contribution in [0.1, 0.15) is 31.0 Å². The molecule has 1 atom stereocenters. The second-order valence-electron chi connectivity index (χ2n) is 7.26. The Hall–Kier alpha value is -3.17. The number of phenols is 1. The molecule has 1 unspecified atom stereocenters. The first-order chi connectivity index (χ1) is 15.8. The SMILES string of the molecule is CCOC(=O)C1=C(C)N=c2sc(=Cc3cc(Br)cc(OC)c3O)c(=O)n2C1c1ccccc1. The molecule has 1 aliphatic rings. The average molecular weight is 529 g/mol. The zero-order valence-electron chi connectivity index (χ0n) is 18.2. The van der Waals surface area contributed by atoms with Gasteiger partial charge in [0.25, 0.3) is 5.56 Å². The van der Waals surface area contributed by atoms with Crippen LogP contribution < -0.4 is 19.6 Å². The molecule has 1 aromatic heterocycles. The van der Waals surface area contributed by atoms with Gasteiger partial charge in [-0.3, -0.25) is 9.36 Å². The first-order valence-corrected chi connectivity index (χ1v) is 11.8. The van der Waals surface area contributed by atoms with Crippen LogP contribution in [0, 0.1) is 0 Å². The molecule has 0 radical (unpaired) electrons. The summed E-state index contributed by atoms with van der Waals surface area (Å²) in [5.74, 6) is -0.295. The van der Waals surface area contributed by atoms with Gasteiger partial charge in [-0.05, 0) is 37.6 Å². The highest BCUT2D eigenvalue weighted by Crippen LogP contribution is 2.34. The number of rotatable bonds is 5. The van der Waals surface area contributed by atoms with Crippen LogP contribution >= 0.6 is 27.3 Å². The lowest BCUT2D eigenvalue weighted by atomic mass is 9.96. The minimum Gasteiger partial charge on any atom is -0.504 e. The number of halogens is 1. The molecule has 4 rings (SSSR count). The van der Waals surface area contributed by atoms with Crippen molar-refractivity contribution in [3.8, 4) is 11.5 Å². The Balaban J connectivity index is 1.97. The maximum absolute atomic E-state index is 13.6. The van der Waals surface area contributed by atoms with Gasteiger partial charge in [0.1, 0.15) is 0 Å². The van der Waals surface area contributed by atoms with Gasteiger partial charge in [-0.25, -0.2) is 9.79 Å². The van der Waals surface area contributed by atoms with Crippen LogP contribution in [0.2, 0.25) is 0 Å². The molecule has 33 heavy (non-hydrogen) atoms. The molecule has 0 aliphatic carbocycles. The van der Waals surface area contributed by atoms with Gasteiger partial charge in [0.2, 0.25) is 0 Å². The molecule has 3 aromatic rings. The molecule has 0 saturated heterocycles. The Morgan fingerprint density at radius 3 is 2.70 bits per heavy atom. The normalized spacial score (nSPS) is 15.8. The number of esters is 1. The molecule has 7 nitrogen and oxygen atoms in total. The Labute approximate surface area is 202 Å². The number of aromatic hydroxyl groups is 1.